The molecule has 22 heavy (non-hydrogen) atoms. The van der Waals surface area contributed by atoms with Crippen LogP contribution in [0, 0.1) is 11.8 Å². The van der Waals surface area contributed by atoms with E-state index in [0.29, 0.717) is 16.0 Å². The number of likely N-dealkylation sites (tertiary alicyclic amines) is 1. The van der Waals surface area contributed by atoms with Crippen molar-refractivity contribution < 1.29 is 4.79 Å². The van der Waals surface area contributed by atoms with Crippen LogP contribution in [0.5, 0.6) is 0 Å². The number of amides is 1. The highest BCUT2D eigenvalue weighted by Crippen LogP contribution is 2.36. The molecule has 1 aromatic carbocycles. The Labute approximate surface area is 147 Å². The Kier molecular flexibility index (Phi) is 6.00. The molecule has 0 bridgehead atoms. The molecule has 122 valence electrons. The number of nitrogens with one attached hydrogen (secondary N) is 1. The Hall–Kier alpha value is -0.480. The molecule has 2 saturated heterocycles. The zero-order valence-electron chi connectivity index (χ0n) is 12.5. The number of hydrogen-bond acceptors (Lipinski definition) is 2. The van der Waals surface area contributed by atoms with Gasteiger partial charge in [0.15, 0.2) is 0 Å². The van der Waals surface area contributed by atoms with E-state index in [2.05, 4.69) is 12.2 Å². The maximum atomic E-state index is 12.8. The van der Waals surface area contributed by atoms with Crippen LogP contribution in [-0.2, 0) is 4.79 Å². The van der Waals surface area contributed by atoms with Gasteiger partial charge in [0.05, 0.1) is 16.1 Å². The molecule has 2 aliphatic rings. The smallest absolute Gasteiger partial charge is 0.226 e. The van der Waals surface area contributed by atoms with Crippen LogP contribution in [0.2, 0.25) is 10.0 Å². The van der Waals surface area contributed by atoms with Crippen molar-refractivity contribution in [3.05, 3.63) is 33.8 Å². The average Bonchev–Trinajstić information content (AvgIpc) is 2.88. The molecule has 2 unspecified atom stereocenters. The number of carbonyl (C=O) groups excluding carboxylic acids is 1. The van der Waals surface area contributed by atoms with Crippen molar-refractivity contribution in [1.29, 1.82) is 0 Å². The van der Waals surface area contributed by atoms with Crippen molar-refractivity contribution in [3.8, 4) is 0 Å². The number of hydrogen-bond donors (Lipinski definition) is 1. The van der Waals surface area contributed by atoms with Crippen molar-refractivity contribution >= 4 is 41.5 Å². The van der Waals surface area contributed by atoms with Crippen LogP contribution in [0.1, 0.15) is 31.4 Å². The quantitative estimate of drug-likeness (QED) is 0.882. The second-order valence-electron chi connectivity index (χ2n) is 6.07. The Morgan fingerprint density at radius 3 is 2.64 bits per heavy atom. The molecule has 1 amide bonds. The number of nitrogens with zero attached hydrogens (tertiary/aromatic N) is 1. The van der Waals surface area contributed by atoms with Gasteiger partial charge in [-0.2, -0.15) is 0 Å². The largest absolute Gasteiger partial charge is 0.335 e. The van der Waals surface area contributed by atoms with Crippen LogP contribution in [-0.4, -0.2) is 30.4 Å². The molecule has 6 heteroatoms. The summed E-state index contributed by atoms with van der Waals surface area (Å²) in [5.74, 6) is 0.845. The molecular formula is C16H21Cl3N2O. The molecule has 0 saturated carbocycles. The number of carbonyl (C=O) groups is 1. The third-order valence-corrected chi connectivity index (χ3v) is 5.51. The second-order valence-corrected chi connectivity index (χ2v) is 6.88. The Balaban J connectivity index is 0.00000176. The molecule has 2 aliphatic heterocycles. The van der Waals surface area contributed by atoms with Crippen LogP contribution in [0.25, 0.3) is 0 Å². The van der Waals surface area contributed by atoms with E-state index < -0.39 is 0 Å². The molecule has 0 aromatic heterocycles. The molecule has 0 spiro atoms. The molecule has 2 atom stereocenters. The highest BCUT2D eigenvalue weighted by Gasteiger charge is 2.36. The van der Waals surface area contributed by atoms with Crippen LogP contribution >= 0.6 is 35.6 Å². The summed E-state index contributed by atoms with van der Waals surface area (Å²) in [7, 11) is 0. The fraction of sp³-hybridized carbons (Fsp3) is 0.562. The summed E-state index contributed by atoms with van der Waals surface area (Å²) >= 11 is 12.1. The lowest BCUT2D eigenvalue weighted by Crippen LogP contribution is -2.50. The van der Waals surface area contributed by atoms with E-state index in [1.54, 1.807) is 0 Å². The van der Waals surface area contributed by atoms with Crippen LogP contribution in [0.4, 0.5) is 0 Å². The molecular weight excluding hydrogens is 343 g/mol. The summed E-state index contributed by atoms with van der Waals surface area (Å²) in [6, 6.07) is 5.85. The molecule has 0 radical (unpaired) electrons. The lowest BCUT2D eigenvalue weighted by atomic mass is 9.87. The van der Waals surface area contributed by atoms with E-state index in [4.69, 9.17) is 23.2 Å². The van der Waals surface area contributed by atoms with E-state index in [1.807, 2.05) is 23.1 Å². The van der Waals surface area contributed by atoms with Gasteiger partial charge in [-0.05, 0) is 49.5 Å². The number of benzene rings is 1. The molecule has 1 aromatic rings. The maximum absolute atomic E-state index is 12.8. The Morgan fingerprint density at radius 1 is 1.32 bits per heavy atom. The Bertz CT molecular complexity index is 548. The number of halogens is 3. The predicted molar refractivity (Wildman–Crippen MR) is 92.9 cm³/mol. The van der Waals surface area contributed by atoms with Crippen molar-refractivity contribution in [3.63, 3.8) is 0 Å². The van der Waals surface area contributed by atoms with E-state index in [0.717, 1.165) is 38.0 Å². The van der Waals surface area contributed by atoms with Crippen molar-refractivity contribution in [2.75, 3.05) is 19.6 Å². The van der Waals surface area contributed by atoms with Crippen LogP contribution in [0.15, 0.2) is 18.2 Å². The maximum Gasteiger partial charge on any atom is 0.226 e. The topological polar surface area (TPSA) is 32.3 Å². The molecule has 2 heterocycles. The first-order chi connectivity index (χ1) is 10.1. The number of rotatable bonds is 3. The minimum atomic E-state index is 0. The lowest BCUT2D eigenvalue weighted by Gasteiger charge is -2.36. The summed E-state index contributed by atoms with van der Waals surface area (Å²) in [5, 5.41) is 4.36. The molecule has 0 aliphatic carbocycles. The van der Waals surface area contributed by atoms with E-state index >= 15 is 0 Å². The Morgan fingerprint density at radius 2 is 2.05 bits per heavy atom. The first-order valence-electron chi connectivity index (χ1n) is 7.54. The third kappa shape index (κ3) is 3.38. The monoisotopic (exact) mass is 362 g/mol. The minimum Gasteiger partial charge on any atom is -0.335 e. The van der Waals surface area contributed by atoms with Crippen LogP contribution < -0.4 is 5.32 Å². The minimum absolute atomic E-state index is 0. The summed E-state index contributed by atoms with van der Waals surface area (Å²) < 4.78 is 0. The van der Waals surface area contributed by atoms with Gasteiger partial charge in [-0.1, -0.05) is 36.2 Å². The molecule has 2 fully saturated rings. The van der Waals surface area contributed by atoms with Crippen molar-refractivity contribution in [1.82, 2.24) is 10.2 Å². The highest BCUT2D eigenvalue weighted by atomic mass is 35.5. The van der Waals surface area contributed by atoms with Crippen molar-refractivity contribution in [2.45, 2.75) is 25.8 Å². The van der Waals surface area contributed by atoms with Gasteiger partial charge in [0.25, 0.3) is 0 Å². The van der Waals surface area contributed by atoms with Crippen molar-refractivity contribution in [2.24, 2.45) is 11.8 Å². The molecule has 3 nitrogen and oxygen atoms in total. The second kappa shape index (κ2) is 7.39. The van der Waals surface area contributed by atoms with Gasteiger partial charge in [-0.3, -0.25) is 4.79 Å². The van der Waals surface area contributed by atoms with Gasteiger partial charge in [0.2, 0.25) is 5.91 Å². The van der Waals surface area contributed by atoms with E-state index in [-0.39, 0.29) is 30.3 Å². The average molecular weight is 364 g/mol. The van der Waals surface area contributed by atoms with E-state index in [9.17, 15) is 4.79 Å². The van der Waals surface area contributed by atoms with Gasteiger partial charge < -0.3 is 10.2 Å². The molecule has 3 rings (SSSR count). The first-order valence-corrected chi connectivity index (χ1v) is 8.29. The van der Waals surface area contributed by atoms with Crippen LogP contribution in [0.3, 0.4) is 0 Å². The highest BCUT2D eigenvalue weighted by molar-refractivity contribution is 6.42. The standard InChI is InChI=1S/C16H20Cl2N2O.ClH/c1-10(12-8-19-9-12)16(21)20-6-2-3-15(20)11-4-5-13(17)14(18)7-11;/h4-5,7,10,12,15,19H,2-3,6,8-9H2,1H3;1H. The zero-order valence-corrected chi connectivity index (χ0v) is 14.8. The lowest BCUT2D eigenvalue weighted by molar-refractivity contribution is -0.138. The predicted octanol–water partition coefficient (Wildman–Crippen LogP) is 3.93. The third-order valence-electron chi connectivity index (χ3n) is 4.77. The molecule has 1 N–H and O–H groups in total. The summed E-state index contributed by atoms with van der Waals surface area (Å²) in [6.45, 7) is 4.81. The fourth-order valence-corrected chi connectivity index (χ4v) is 3.53. The van der Waals surface area contributed by atoms with Gasteiger partial charge in [-0.15, -0.1) is 12.4 Å². The van der Waals surface area contributed by atoms with E-state index in [1.165, 1.54) is 0 Å². The normalized spacial score (nSPS) is 22.9. The first kappa shape index (κ1) is 17.9. The van der Waals surface area contributed by atoms with Gasteiger partial charge in [-0.25, -0.2) is 0 Å². The summed E-state index contributed by atoms with van der Waals surface area (Å²) in [4.78, 5) is 14.8. The summed E-state index contributed by atoms with van der Waals surface area (Å²) in [5.41, 5.74) is 1.09. The zero-order chi connectivity index (χ0) is 15.0. The van der Waals surface area contributed by atoms with Gasteiger partial charge in [0, 0.05) is 12.5 Å². The fourth-order valence-electron chi connectivity index (χ4n) is 3.22. The van der Waals surface area contributed by atoms with Gasteiger partial charge >= 0.3 is 0 Å². The summed E-state index contributed by atoms with van der Waals surface area (Å²) in [6.07, 6.45) is 2.05. The van der Waals surface area contributed by atoms with Gasteiger partial charge in [0.1, 0.15) is 0 Å². The SMILES string of the molecule is CC(C(=O)N1CCCC1c1ccc(Cl)c(Cl)c1)C1CNC1.Cl.